The van der Waals surface area contributed by atoms with Crippen LogP contribution in [0.2, 0.25) is 0 Å². The predicted molar refractivity (Wildman–Crippen MR) is 107 cm³/mol. The summed E-state index contributed by atoms with van der Waals surface area (Å²) in [6.07, 6.45) is 0. The van der Waals surface area contributed by atoms with Crippen molar-refractivity contribution in [3.8, 4) is 11.5 Å². The third kappa shape index (κ3) is 4.56. The molecule has 1 amide bonds. The molecule has 0 aromatic heterocycles. The lowest BCUT2D eigenvalue weighted by Crippen LogP contribution is -2.42. The Morgan fingerprint density at radius 2 is 1.86 bits per heavy atom. The van der Waals surface area contributed by atoms with Gasteiger partial charge in [-0.25, -0.2) is 8.42 Å². The zero-order valence-electron chi connectivity index (χ0n) is 15.9. The number of rotatable bonds is 8. The summed E-state index contributed by atoms with van der Waals surface area (Å²) in [7, 11) is -3.64. The standard InChI is InChI=1S/C20H24N2O5S/c1-3-28(24,25)22(17-9-10-18-19(11-17)27-14-26-18)13-20(23)21-12-15(2)16-7-5-4-6-8-16/h4-11,15H,3,12-14H2,1-2H3,(H,21,23)/t15-/m1/s1. The molecule has 28 heavy (non-hydrogen) atoms. The summed E-state index contributed by atoms with van der Waals surface area (Å²) in [6, 6.07) is 14.7. The number of nitrogens with one attached hydrogen (secondary N) is 1. The number of sulfonamides is 1. The first kappa shape index (κ1) is 20.0. The molecule has 1 atom stereocenters. The van der Waals surface area contributed by atoms with Crippen LogP contribution in [0, 0.1) is 0 Å². The van der Waals surface area contributed by atoms with Crippen LogP contribution in [0.1, 0.15) is 25.3 Å². The second-order valence-corrected chi connectivity index (χ2v) is 8.74. The maximum Gasteiger partial charge on any atom is 0.240 e. The van der Waals surface area contributed by atoms with Crippen molar-refractivity contribution in [2.75, 3.05) is 29.9 Å². The molecule has 1 N–H and O–H groups in total. The molecule has 1 aliphatic heterocycles. The normalized spacial score (nSPS) is 13.8. The maximum absolute atomic E-state index is 12.6. The summed E-state index contributed by atoms with van der Waals surface area (Å²) in [5.74, 6) is 0.657. The van der Waals surface area contributed by atoms with Crippen molar-refractivity contribution in [2.45, 2.75) is 19.8 Å². The van der Waals surface area contributed by atoms with Crippen molar-refractivity contribution in [1.82, 2.24) is 5.32 Å². The van der Waals surface area contributed by atoms with Gasteiger partial charge < -0.3 is 14.8 Å². The van der Waals surface area contributed by atoms with E-state index in [-0.39, 0.29) is 30.9 Å². The van der Waals surface area contributed by atoms with E-state index in [1.807, 2.05) is 37.3 Å². The van der Waals surface area contributed by atoms with Gasteiger partial charge in [0.15, 0.2) is 11.5 Å². The Labute approximate surface area is 165 Å². The molecule has 0 radical (unpaired) electrons. The lowest BCUT2D eigenvalue weighted by molar-refractivity contribution is -0.119. The number of hydrogen-bond acceptors (Lipinski definition) is 5. The highest BCUT2D eigenvalue weighted by Crippen LogP contribution is 2.36. The fourth-order valence-corrected chi connectivity index (χ4v) is 3.96. The zero-order valence-corrected chi connectivity index (χ0v) is 16.7. The van der Waals surface area contributed by atoms with Gasteiger partial charge in [0.05, 0.1) is 11.4 Å². The largest absolute Gasteiger partial charge is 0.454 e. The Balaban J connectivity index is 1.70. The highest BCUT2D eigenvalue weighted by atomic mass is 32.2. The summed E-state index contributed by atoms with van der Waals surface area (Å²) < 4.78 is 36.8. The molecule has 1 aliphatic rings. The average Bonchev–Trinajstić information content (AvgIpc) is 3.18. The van der Waals surface area contributed by atoms with Gasteiger partial charge in [0, 0.05) is 12.6 Å². The molecule has 8 heteroatoms. The van der Waals surface area contributed by atoms with Crippen LogP contribution in [-0.4, -0.2) is 40.0 Å². The van der Waals surface area contributed by atoms with Crippen LogP contribution in [0.3, 0.4) is 0 Å². The number of carbonyl (C=O) groups excluding carboxylic acids is 1. The minimum absolute atomic E-state index is 0.0944. The Morgan fingerprint density at radius 1 is 1.14 bits per heavy atom. The number of anilines is 1. The molecular weight excluding hydrogens is 380 g/mol. The third-order valence-electron chi connectivity index (χ3n) is 4.61. The summed E-state index contributed by atoms with van der Waals surface area (Å²) in [6.45, 7) is 3.77. The van der Waals surface area contributed by atoms with Crippen molar-refractivity contribution in [3.63, 3.8) is 0 Å². The minimum atomic E-state index is -3.64. The number of fused-ring (bicyclic) bond motifs is 1. The van der Waals surface area contributed by atoms with Crippen LogP contribution < -0.4 is 19.1 Å². The highest BCUT2D eigenvalue weighted by molar-refractivity contribution is 7.92. The Bertz CT molecular complexity index is 931. The maximum atomic E-state index is 12.6. The quantitative estimate of drug-likeness (QED) is 0.731. The van der Waals surface area contributed by atoms with E-state index >= 15 is 0 Å². The molecule has 2 aromatic carbocycles. The van der Waals surface area contributed by atoms with Crippen molar-refractivity contribution < 1.29 is 22.7 Å². The van der Waals surface area contributed by atoms with E-state index in [2.05, 4.69) is 5.32 Å². The van der Waals surface area contributed by atoms with Gasteiger partial charge in [-0.15, -0.1) is 0 Å². The fraction of sp³-hybridized carbons (Fsp3) is 0.350. The first-order chi connectivity index (χ1) is 13.4. The van der Waals surface area contributed by atoms with Crippen LogP contribution in [-0.2, 0) is 14.8 Å². The number of nitrogens with zero attached hydrogens (tertiary/aromatic N) is 1. The van der Waals surface area contributed by atoms with Gasteiger partial charge in [0.2, 0.25) is 22.7 Å². The SMILES string of the molecule is CCS(=O)(=O)N(CC(=O)NC[C@@H](C)c1ccccc1)c1ccc2c(c1)OCO2. The molecule has 0 fully saturated rings. The van der Waals surface area contributed by atoms with Gasteiger partial charge in [0.25, 0.3) is 0 Å². The molecule has 3 rings (SSSR count). The number of carbonyl (C=O) groups is 1. The molecule has 0 saturated carbocycles. The van der Waals surface area contributed by atoms with Crippen molar-refractivity contribution in [3.05, 3.63) is 54.1 Å². The number of amides is 1. The average molecular weight is 404 g/mol. The van der Waals surface area contributed by atoms with E-state index in [0.717, 1.165) is 9.87 Å². The van der Waals surface area contributed by atoms with Crippen molar-refractivity contribution >= 4 is 21.6 Å². The van der Waals surface area contributed by atoms with Gasteiger partial charge >= 0.3 is 0 Å². The van der Waals surface area contributed by atoms with E-state index in [4.69, 9.17) is 9.47 Å². The lowest BCUT2D eigenvalue weighted by Gasteiger charge is -2.24. The van der Waals surface area contributed by atoms with Crippen molar-refractivity contribution in [2.24, 2.45) is 0 Å². The first-order valence-corrected chi connectivity index (χ1v) is 10.7. The lowest BCUT2D eigenvalue weighted by atomic mass is 10.0. The minimum Gasteiger partial charge on any atom is -0.454 e. The molecular formula is C20H24N2O5S. The molecule has 0 spiro atoms. The molecule has 150 valence electrons. The predicted octanol–water partition coefficient (Wildman–Crippen LogP) is 2.49. The second-order valence-electron chi connectivity index (χ2n) is 6.56. The molecule has 0 saturated heterocycles. The van der Waals surface area contributed by atoms with Crippen molar-refractivity contribution in [1.29, 1.82) is 0 Å². The number of ether oxygens (including phenoxy) is 2. The van der Waals surface area contributed by atoms with Gasteiger partial charge in [-0.1, -0.05) is 37.3 Å². The Kier molecular flexibility index (Phi) is 6.08. The molecule has 7 nitrogen and oxygen atoms in total. The third-order valence-corrected chi connectivity index (χ3v) is 6.35. The summed E-state index contributed by atoms with van der Waals surface area (Å²) in [4.78, 5) is 12.5. The summed E-state index contributed by atoms with van der Waals surface area (Å²) in [5, 5.41) is 2.83. The Hall–Kier alpha value is -2.74. The topological polar surface area (TPSA) is 84.9 Å². The van der Waals surface area contributed by atoms with Gasteiger partial charge in [0.1, 0.15) is 6.54 Å². The molecule has 0 aliphatic carbocycles. The van der Waals surface area contributed by atoms with Crippen LogP contribution in [0.4, 0.5) is 5.69 Å². The van der Waals surface area contributed by atoms with Crippen LogP contribution >= 0.6 is 0 Å². The fourth-order valence-electron chi connectivity index (χ4n) is 2.90. The van der Waals surface area contributed by atoms with E-state index in [1.165, 1.54) is 0 Å². The monoisotopic (exact) mass is 404 g/mol. The number of hydrogen-bond donors (Lipinski definition) is 1. The van der Waals surface area contributed by atoms with E-state index < -0.39 is 10.0 Å². The molecule has 1 heterocycles. The molecule has 2 aromatic rings. The highest BCUT2D eigenvalue weighted by Gasteiger charge is 2.26. The van der Waals surface area contributed by atoms with Crippen LogP contribution in [0.5, 0.6) is 11.5 Å². The number of benzene rings is 2. The van der Waals surface area contributed by atoms with Crippen LogP contribution in [0.15, 0.2) is 48.5 Å². The molecule has 0 unspecified atom stereocenters. The van der Waals surface area contributed by atoms with E-state index in [1.54, 1.807) is 25.1 Å². The zero-order chi connectivity index (χ0) is 20.1. The van der Waals surface area contributed by atoms with Gasteiger partial charge in [-0.3, -0.25) is 9.10 Å². The smallest absolute Gasteiger partial charge is 0.240 e. The van der Waals surface area contributed by atoms with Gasteiger partial charge in [-0.05, 0) is 30.5 Å². The molecule has 0 bridgehead atoms. The Morgan fingerprint density at radius 3 is 2.57 bits per heavy atom. The van der Waals surface area contributed by atoms with E-state index in [0.29, 0.717) is 23.7 Å². The second kappa shape index (κ2) is 8.52. The summed E-state index contributed by atoms with van der Waals surface area (Å²) >= 11 is 0. The van der Waals surface area contributed by atoms with E-state index in [9.17, 15) is 13.2 Å². The summed E-state index contributed by atoms with van der Waals surface area (Å²) in [5.41, 5.74) is 1.48. The van der Waals surface area contributed by atoms with Crippen LogP contribution in [0.25, 0.3) is 0 Å². The first-order valence-electron chi connectivity index (χ1n) is 9.12. The van der Waals surface area contributed by atoms with Gasteiger partial charge in [-0.2, -0.15) is 0 Å².